The Hall–Kier alpha value is -0.760. The maximum absolute atomic E-state index is 12.6. The molecule has 0 aliphatic carbocycles. The summed E-state index contributed by atoms with van der Waals surface area (Å²) >= 11 is 0. The zero-order chi connectivity index (χ0) is 11.0. The number of nitrogens with one attached hydrogen (secondary N) is 1. The number of amides is 1. The molecule has 14 heavy (non-hydrogen) atoms. The summed E-state index contributed by atoms with van der Waals surface area (Å²) in [5, 5.41) is 1.94. The Kier molecular flexibility index (Phi) is 2.77. The Morgan fingerprint density at radius 1 is 1.64 bits per heavy atom. The molecule has 5 nitrogen and oxygen atoms in total. The van der Waals surface area contributed by atoms with Gasteiger partial charge in [-0.3, -0.25) is 8.98 Å². The van der Waals surface area contributed by atoms with Crippen molar-refractivity contribution >= 4 is 16.0 Å². The van der Waals surface area contributed by atoms with Crippen LogP contribution >= 0.6 is 0 Å². The van der Waals surface area contributed by atoms with Crippen LogP contribution in [-0.4, -0.2) is 39.2 Å². The van der Waals surface area contributed by atoms with E-state index in [0.29, 0.717) is 0 Å². The summed E-state index contributed by atoms with van der Waals surface area (Å²) in [5.74, 6) is -4.81. The second-order valence-electron chi connectivity index (χ2n) is 3.07. The van der Waals surface area contributed by atoms with Gasteiger partial charge in [0.2, 0.25) is 0 Å². The number of halogens is 2. The summed E-state index contributed by atoms with van der Waals surface area (Å²) in [6.07, 6.45) is 0.0727. The molecule has 0 aromatic carbocycles. The fraction of sp³-hybridized carbons (Fsp3) is 0.833. The zero-order valence-corrected chi connectivity index (χ0v) is 8.11. The van der Waals surface area contributed by atoms with E-state index in [0.717, 1.165) is 6.26 Å². The van der Waals surface area contributed by atoms with Gasteiger partial charge in [0.1, 0.15) is 0 Å². The van der Waals surface area contributed by atoms with Gasteiger partial charge in [-0.1, -0.05) is 0 Å². The number of carbonyl (C=O) groups is 1. The van der Waals surface area contributed by atoms with E-state index in [-0.39, 0.29) is 0 Å². The van der Waals surface area contributed by atoms with Crippen molar-refractivity contribution in [2.45, 2.75) is 18.4 Å². The standard InChI is InChI=1S/C6H9F2NO4S/c1-14(11,12)13-3-4-2-6(7,8)5(10)9-4/h4H,2-3H2,1H3,(H,9,10). The first-order valence-electron chi connectivity index (χ1n) is 3.74. The third-order valence-corrected chi connectivity index (χ3v) is 2.22. The second-order valence-corrected chi connectivity index (χ2v) is 4.71. The average Bonchev–Trinajstić information content (AvgIpc) is 2.21. The molecular weight excluding hydrogens is 220 g/mol. The van der Waals surface area contributed by atoms with Crippen LogP contribution in [0.1, 0.15) is 6.42 Å². The Morgan fingerprint density at radius 3 is 2.57 bits per heavy atom. The van der Waals surface area contributed by atoms with Crippen LogP contribution in [0.3, 0.4) is 0 Å². The minimum Gasteiger partial charge on any atom is -0.346 e. The van der Waals surface area contributed by atoms with Gasteiger partial charge in [0, 0.05) is 6.42 Å². The first-order valence-corrected chi connectivity index (χ1v) is 5.55. The quantitative estimate of drug-likeness (QED) is 0.661. The summed E-state index contributed by atoms with van der Waals surface area (Å²) in [4.78, 5) is 10.6. The van der Waals surface area contributed by atoms with Crippen molar-refractivity contribution < 1.29 is 26.2 Å². The van der Waals surface area contributed by atoms with Crippen LogP contribution in [0.5, 0.6) is 0 Å². The maximum atomic E-state index is 12.6. The van der Waals surface area contributed by atoms with Crippen molar-refractivity contribution in [3.05, 3.63) is 0 Å². The minimum absolute atomic E-state index is 0.458. The third-order valence-electron chi connectivity index (χ3n) is 1.65. The molecule has 1 amide bonds. The third kappa shape index (κ3) is 2.88. The molecule has 0 radical (unpaired) electrons. The summed E-state index contributed by atoms with van der Waals surface area (Å²) < 4.78 is 50.5. The summed E-state index contributed by atoms with van der Waals surface area (Å²) in [5.41, 5.74) is 0. The van der Waals surface area contributed by atoms with Crippen LogP contribution < -0.4 is 5.32 Å². The molecule has 1 atom stereocenters. The topological polar surface area (TPSA) is 72.5 Å². The predicted molar refractivity (Wildman–Crippen MR) is 42.3 cm³/mol. The van der Waals surface area contributed by atoms with E-state index in [1.54, 1.807) is 0 Å². The average molecular weight is 229 g/mol. The van der Waals surface area contributed by atoms with E-state index in [2.05, 4.69) is 4.18 Å². The number of alkyl halides is 2. The molecule has 0 bridgehead atoms. The van der Waals surface area contributed by atoms with E-state index in [1.807, 2.05) is 5.32 Å². The van der Waals surface area contributed by atoms with Gasteiger partial charge in [-0.05, 0) is 0 Å². The number of carbonyl (C=O) groups excluding carboxylic acids is 1. The smallest absolute Gasteiger partial charge is 0.326 e. The molecule has 1 heterocycles. The van der Waals surface area contributed by atoms with E-state index in [1.165, 1.54) is 0 Å². The van der Waals surface area contributed by atoms with Gasteiger partial charge in [-0.2, -0.15) is 17.2 Å². The van der Waals surface area contributed by atoms with Crippen LogP contribution in [0.2, 0.25) is 0 Å². The molecule has 1 saturated heterocycles. The van der Waals surface area contributed by atoms with Crippen LogP contribution in [0, 0.1) is 0 Å². The number of hydrogen-bond acceptors (Lipinski definition) is 4. The molecule has 1 aliphatic heterocycles. The summed E-state index contributed by atoms with van der Waals surface area (Å²) in [6, 6.07) is -0.952. The molecular formula is C6H9F2NO4S. The molecule has 0 aromatic heterocycles. The zero-order valence-electron chi connectivity index (χ0n) is 7.29. The normalized spacial score (nSPS) is 26.2. The van der Waals surface area contributed by atoms with Crippen molar-refractivity contribution in [3.8, 4) is 0 Å². The summed E-state index contributed by atoms with van der Waals surface area (Å²) in [6.45, 7) is -0.458. The fourth-order valence-corrected chi connectivity index (χ4v) is 1.46. The van der Waals surface area contributed by atoms with Crippen molar-refractivity contribution in [2.75, 3.05) is 12.9 Å². The van der Waals surface area contributed by atoms with Gasteiger partial charge in [0.15, 0.2) is 0 Å². The SMILES string of the molecule is CS(=O)(=O)OCC1CC(F)(F)C(=O)N1. The molecule has 1 fully saturated rings. The van der Waals surface area contributed by atoms with Gasteiger partial charge >= 0.3 is 5.92 Å². The minimum atomic E-state index is -3.66. The maximum Gasteiger partial charge on any atom is 0.326 e. The van der Waals surface area contributed by atoms with Crippen molar-refractivity contribution in [1.82, 2.24) is 5.32 Å². The lowest BCUT2D eigenvalue weighted by molar-refractivity contribution is -0.139. The highest BCUT2D eigenvalue weighted by molar-refractivity contribution is 7.85. The van der Waals surface area contributed by atoms with Gasteiger partial charge in [0.05, 0.1) is 18.9 Å². The monoisotopic (exact) mass is 229 g/mol. The summed E-state index contributed by atoms with van der Waals surface area (Å²) in [7, 11) is -3.66. The number of rotatable bonds is 3. The van der Waals surface area contributed by atoms with Gasteiger partial charge in [-0.15, -0.1) is 0 Å². The van der Waals surface area contributed by atoms with Gasteiger partial charge < -0.3 is 5.32 Å². The molecule has 0 spiro atoms. The lowest BCUT2D eigenvalue weighted by Gasteiger charge is -2.07. The molecule has 1 rings (SSSR count). The van der Waals surface area contributed by atoms with Crippen molar-refractivity contribution in [1.29, 1.82) is 0 Å². The first-order chi connectivity index (χ1) is 6.21. The number of hydrogen-bond donors (Lipinski definition) is 1. The van der Waals surface area contributed by atoms with E-state index in [9.17, 15) is 22.0 Å². The predicted octanol–water partition coefficient (Wildman–Crippen LogP) is -0.514. The Morgan fingerprint density at radius 2 is 2.21 bits per heavy atom. The van der Waals surface area contributed by atoms with E-state index >= 15 is 0 Å². The van der Waals surface area contributed by atoms with Crippen LogP contribution in [0.4, 0.5) is 8.78 Å². The highest BCUT2D eigenvalue weighted by Crippen LogP contribution is 2.26. The van der Waals surface area contributed by atoms with E-state index < -0.39 is 41.0 Å². The molecule has 8 heteroatoms. The van der Waals surface area contributed by atoms with Crippen molar-refractivity contribution in [2.24, 2.45) is 0 Å². The largest absolute Gasteiger partial charge is 0.346 e. The Bertz CT molecular complexity index is 340. The molecule has 82 valence electrons. The van der Waals surface area contributed by atoms with Crippen LogP contribution in [0.25, 0.3) is 0 Å². The van der Waals surface area contributed by atoms with Gasteiger partial charge in [-0.25, -0.2) is 0 Å². The molecule has 1 unspecified atom stereocenters. The first kappa shape index (κ1) is 11.3. The molecule has 0 aromatic rings. The highest BCUT2D eigenvalue weighted by Gasteiger charge is 2.48. The Balaban J connectivity index is 2.48. The van der Waals surface area contributed by atoms with Crippen LogP contribution in [0.15, 0.2) is 0 Å². The molecule has 1 N–H and O–H groups in total. The Labute approximate surface area is 79.5 Å². The molecule has 1 aliphatic rings. The lowest BCUT2D eigenvalue weighted by Crippen LogP contribution is -2.32. The van der Waals surface area contributed by atoms with E-state index in [4.69, 9.17) is 0 Å². The second kappa shape index (κ2) is 3.43. The lowest BCUT2D eigenvalue weighted by atomic mass is 10.2. The highest BCUT2D eigenvalue weighted by atomic mass is 32.2. The molecule has 0 saturated carbocycles. The van der Waals surface area contributed by atoms with Gasteiger partial charge in [0.25, 0.3) is 16.0 Å². The van der Waals surface area contributed by atoms with Crippen molar-refractivity contribution in [3.63, 3.8) is 0 Å². The fourth-order valence-electron chi connectivity index (χ4n) is 1.05. The van der Waals surface area contributed by atoms with Crippen LogP contribution in [-0.2, 0) is 19.1 Å².